The molecule has 14 heavy (non-hydrogen) atoms. The van der Waals surface area contributed by atoms with Crippen LogP contribution in [-0.2, 0) is 16.8 Å². The predicted molar refractivity (Wildman–Crippen MR) is 58.3 cm³/mol. The fourth-order valence-corrected chi connectivity index (χ4v) is 1.27. The molecule has 0 fully saturated rings. The summed E-state index contributed by atoms with van der Waals surface area (Å²) in [4.78, 5) is 0. The Kier molecular flexibility index (Phi) is 8.69. The van der Waals surface area contributed by atoms with Crippen LogP contribution in [-0.4, -0.2) is 0 Å². The van der Waals surface area contributed by atoms with Gasteiger partial charge in [-0.05, 0) is 13.3 Å². The van der Waals surface area contributed by atoms with Gasteiger partial charge in [0.1, 0.15) is 0 Å². The van der Waals surface area contributed by atoms with Gasteiger partial charge in [0.05, 0.1) is 0 Å². The summed E-state index contributed by atoms with van der Waals surface area (Å²) in [6.07, 6.45) is 20.9. The average molecular weight is 232 g/mol. The Morgan fingerprint density at radius 3 is 2.93 bits per heavy atom. The van der Waals surface area contributed by atoms with Gasteiger partial charge in [-0.3, -0.25) is 0 Å². The van der Waals surface area contributed by atoms with Gasteiger partial charge in [0, 0.05) is 16.8 Å². The Balaban J connectivity index is 0.00000169. The van der Waals surface area contributed by atoms with Gasteiger partial charge in [-0.15, -0.1) is 12.2 Å². The molecule has 0 spiro atoms. The van der Waals surface area contributed by atoms with Crippen LogP contribution in [0.15, 0.2) is 42.0 Å². The minimum atomic E-state index is 0. The summed E-state index contributed by atoms with van der Waals surface area (Å²) in [5, 5.41) is 0. The Morgan fingerprint density at radius 1 is 1.29 bits per heavy atom. The van der Waals surface area contributed by atoms with E-state index < -0.39 is 0 Å². The molecule has 0 saturated heterocycles. The monoisotopic (exact) mass is 232 g/mol. The molecule has 0 nitrogen and oxygen atoms in total. The molecule has 1 aliphatic rings. The minimum Gasteiger partial charge on any atom is -0.201 e. The van der Waals surface area contributed by atoms with Gasteiger partial charge in [-0.1, -0.05) is 31.4 Å². The number of rotatable bonds is 2. The van der Waals surface area contributed by atoms with E-state index in [-0.39, 0.29) is 16.8 Å². The molecule has 0 saturated carbocycles. The zero-order valence-electron chi connectivity index (χ0n) is 8.63. The van der Waals surface area contributed by atoms with Crippen LogP contribution in [0.5, 0.6) is 0 Å². The molecule has 1 heteroatoms. The zero-order valence-corrected chi connectivity index (χ0v) is 9.67. The molecule has 1 radical (unpaired) electrons. The molecule has 0 N–H and O–H groups in total. The Morgan fingerprint density at radius 2 is 2.14 bits per heavy atom. The molecule has 0 unspecified atom stereocenters. The topological polar surface area (TPSA) is 0 Å². The molecule has 0 bridgehead atoms. The van der Waals surface area contributed by atoms with Crippen molar-refractivity contribution in [1.82, 2.24) is 0 Å². The van der Waals surface area contributed by atoms with Crippen molar-refractivity contribution in [2.45, 2.75) is 32.6 Å². The Hall–Kier alpha value is -0.534. The SMILES string of the molecule is CC=CC=CC1=[C-]CCCCC=C1.[Co]. The van der Waals surface area contributed by atoms with Crippen molar-refractivity contribution in [3.05, 3.63) is 48.1 Å². The van der Waals surface area contributed by atoms with Gasteiger partial charge in [-0.25, -0.2) is 6.08 Å². The van der Waals surface area contributed by atoms with E-state index >= 15 is 0 Å². The van der Waals surface area contributed by atoms with Crippen molar-refractivity contribution >= 4 is 0 Å². The molecule has 0 aromatic rings. The number of allylic oxidation sites excluding steroid dienone is 8. The minimum absolute atomic E-state index is 0. The second-order valence-corrected chi connectivity index (χ2v) is 3.17. The second-order valence-electron chi connectivity index (χ2n) is 3.17. The van der Waals surface area contributed by atoms with Crippen LogP contribution in [0.1, 0.15) is 32.6 Å². The number of hydrogen-bond donors (Lipinski definition) is 0. The van der Waals surface area contributed by atoms with Crippen LogP contribution in [0, 0.1) is 6.08 Å². The van der Waals surface area contributed by atoms with Crippen molar-refractivity contribution in [2.24, 2.45) is 0 Å². The predicted octanol–water partition coefficient (Wildman–Crippen LogP) is 3.98. The molecular weight excluding hydrogens is 215 g/mol. The molecule has 79 valence electrons. The van der Waals surface area contributed by atoms with Gasteiger partial charge in [0.25, 0.3) is 0 Å². The maximum atomic E-state index is 3.39. The maximum Gasteiger partial charge on any atom is 0 e. The molecule has 0 aromatic heterocycles. The molecule has 0 aromatic carbocycles. The van der Waals surface area contributed by atoms with Crippen LogP contribution in [0.3, 0.4) is 0 Å². The van der Waals surface area contributed by atoms with Crippen molar-refractivity contribution in [3.63, 3.8) is 0 Å². The van der Waals surface area contributed by atoms with E-state index in [9.17, 15) is 0 Å². The first kappa shape index (κ1) is 13.5. The molecule has 0 aliphatic heterocycles. The van der Waals surface area contributed by atoms with Crippen LogP contribution < -0.4 is 0 Å². The van der Waals surface area contributed by atoms with Gasteiger partial charge < -0.3 is 0 Å². The van der Waals surface area contributed by atoms with E-state index in [4.69, 9.17) is 0 Å². The molecule has 0 heterocycles. The quantitative estimate of drug-likeness (QED) is 0.499. The Labute approximate surface area is 97.7 Å². The molecule has 0 amide bonds. The molecular formula is C13H17Co-. The van der Waals surface area contributed by atoms with Gasteiger partial charge >= 0.3 is 0 Å². The molecule has 1 rings (SSSR count). The normalized spacial score (nSPS) is 17.6. The van der Waals surface area contributed by atoms with E-state index in [2.05, 4.69) is 30.4 Å². The van der Waals surface area contributed by atoms with Crippen molar-refractivity contribution in [3.8, 4) is 0 Å². The third kappa shape index (κ3) is 6.00. The van der Waals surface area contributed by atoms with E-state index in [0.717, 1.165) is 6.42 Å². The van der Waals surface area contributed by atoms with Crippen LogP contribution in [0.4, 0.5) is 0 Å². The van der Waals surface area contributed by atoms with E-state index in [1.54, 1.807) is 0 Å². The number of hydrogen-bond acceptors (Lipinski definition) is 0. The Bertz CT molecular complexity index is 244. The van der Waals surface area contributed by atoms with E-state index in [0.29, 0.717) is 0 Å². The zero-order chi connectivity index (χ0) is 9.36. The van der Waals surface area contributed by atoms with Crippen LogP contribution in [0.2, 0.25) is 0 Å². The summed E-state index contributed by atoms with van der Waals surface area (Å²) in [6, 6.07) is 0. The fourth-order valence-electron chi connectivity index (χ4n) is 1.27. The van der Waals surface area contributed by atoms with Crippen molar-refractivity contribution in [1.29, 1.82) is 0 Å². The third-order valence-corrected chi connectivity index (χ3v) is 2.00. The van der Waals surface area contributed by atoms with Gasteiger partial charge in [-0.2, -0.15) is 17.7 Å². The summed E-state index contributed by atoms with van der Waals surface area (Å²) < 4.78 is 0. The summed E-state index contributed by atoms with van der Waals surface area (Å²) in [5.41, 5.74) is 1.22. The summed E-state index contributed by atoms with van der Waals surface area (Å²) >= 11 is 0. The van der Waals surface area contributed by atoms with Crippen molar-refractivity contribution in [2.75, 3.05) is 0 Å². The van der Waals surface area contributed by atoms with Gasteiger partial charge in [0.15, 0.2) is 0 Å². The largest absolute Gasteiger partial charge is 0.201 e. The molecule has 1 aliphatic carbocycles. The van der Waals surface area contributed by atoms with Gasteiger partial charge in [0.2, 0.25) is 0 Å². The standard InChI is InChI=1S/C13H17.Co/c1-2-3-7-10-13-11-8-5-4-6-9-12-13;/h2-3,7-8,10-11H,4-6,9H2,1H3;/q-1;. The van der Waals surface area contributed by atoms with E-state index in [1.165, 1.54) is 24.8 Å². The van der Waals surface area contributed by atoms with Crippen LogP contribution >= 0.6 is 0 Å². The maximum absolute atomic E-state index is 3.39. The average Bonchev–Trinajstić information content (AvgIpc) is 2.08. The third-order valence-electron chi connectivity index (χ3n) is 2.00. The van der Waals surface area contributed by atoms with E-state index in [1.807, 2.05) is 19.1 Å². The first-order chi connectivity index (χ1) is 6.43. The smallest absolute Gasteiger partial charge is 0 e. The molecule has 0 atom stereocenters. The fraction of sp³-hybridized carbons (Fsp3) is 0.385. The van der Waals surface area contributed by atoms with Crippen molar-refractivity contribution < 1.29 is 16.8 Å². The summed E-state index contributed by atoms with van der Waals surface area (Å²) in [6.45, 7) is 2.02. The summed E-state index contributed by atoms with van der Waals surface area (Å²) in [5.74, 6) is 0. The second kappa shape index (κ2) is 9.04. The van der Waals surface area contributed by atoms with Crippen LogP contribution in [0.25, 0.3) is 0 Å². The first-order valence-electron chi connectivity index (χ1n) is 5.00. The first-order valence-corrected chi connectivity index (χ1v) is 5.00. The summed E-state index contributed by atoms with van der Waals surface area (Å²) in [7, 11) is 0.